The minimum Gasteiger partial charge on any atom is -0.373 e. The van der Waals surface area contributed by atoms with Crippen LogP contribution in [0.15, 0.2) is 79.3 Å². The van der Waals surface area contributed by atoms with Crippen molar-refractivity contribution in [3.63, 3.8) is 0 Å². The van der Waals surface area contributed by atoms with E-state index in [1.165, 1.54) is 6.20 Å². The van der Waals surface area contributed by atoms with Crippen molar-refractivity contribution in [2.24, 2.45) is 0 Å². The highest BCUT2D eigenvalue weighted by Gasteiger charge is 2.39. The van der Waals surface area contributed by atoms with E-state index in [4.69, 9.17) is 4.98 Å². The predicted molar refractivity (Wildman–Crippen MR) is 132 cm³/mol. The number of hydrogen-bond donors (Lipinski definition) is 2. The average molecular weight is 468 g/mol. The van der Waals surface area contributed by atoms with Crippen LogP contribution in [0.4, 0.5) is 5.95 Å². The molecule has 3 aromatic heterocycles. The predicted octanol–water partition coefficient (Wildman–Crippen LogP) is 3.60. The number of amides is 1. The Bertz CT molecular complexity index is 1440. The molecule has 0 saturated carbocycles. The second kappa shape index (κ2) is 9.11. The smallest absolute Gasteiger partial charge is 0.259 e. The number of carbonyl (C=O) groups is 1. The maximum absolute atomic E-state index is 12.9. The molecule has 0 fully saturated rings. The zero-order chi connectivity index (χ0) is 24.4. The third kappa shape index (κ3) is 3.95. The van der Waals surface area contributed by atoms with Gasteiger partial charge in [-0.1, -0.05) is 60.7 Å². The molecular formula is C26H25N7O2. The van der Waals surface area contributed by atoms with Crippen LogP contribution in [0.2, 0.25) is 0 Å². The van der Waals surface area contributed by atoms with Crippen molar-refractivity contribution in [3.05, 3.63) is 102 Å². The van der Waals surface area contributed by atoms with E-state index in [1.807, 2.05) is 79.1 Å². The molecule has 9 heteroatoms. The molecule has 0 aliphatic heterocycles. The highest BCUT2D eigenvalue weighted by atomic mass is 16.3. The molecule has 0 unspecified atom stereocenters. The lowest BCUT2D eigenvalue weighted by molar-refractivity contribution is 0.102. The largest absolute Gasteiger partial charge is 0.373 e. The first-order chi connectivity index (χ1) is 17.0. The number of fused-ring (bicyclic) bond motifs is 1. The fourth-order valence-corrected chi connectivity index (χ4v) is 4.19. The lowest BCUT2D eigenvalue weighted by Crippen LogP contribution is -2.32. The summed E-state index contributed by atoms with van der Waals surface area (Å²) in [7, 11) is 0. The normalized spacial score (nSPS) is 11.6. The molecule has 2 N–H and O–H groups in total. The minimum atomic E-state index is -1.52. The van der Waals surface area contributed by atoms with Crippen LogP contribution in [0, 0.1) is 0 Å². The summed E-state index contributed by atoms with van der Waals surface area (Å²) in [6.45, 7) is 5.08. The molecule has 0 bridgehead atoms. The van der Waals surface area contributed by atoms with Gasteiger partial charge in [-0.2, -0.15) is 0 Å². The Morgan fingerprint density at radius 3 is 2.20 bits per heavy atom. The van der Waals surface area contributed by atoms with Gasteiger partial charge in [0.15, 0.2) is 17.1 Å². The number of imidazole rings is 1. The minimum absolute atomic E-state index is 0.226. The summed E-state index contributed by atoms with van der Waals surface area (Å²) in [4.78, 5) is 26.2. The maximum Gasteiger partial charge on any atom is 0.259 e. The summed E-state index contributed by atoms with van der Waals surface area (Å²) in [5.41, 5.74) is 1.29. The fourth-order valence-electron chi connectivity index (χ4n) is 4.19. The van der Waals surface area contributed by atoms with Crippen LogP contribution in [0.3, 0.4) is 0 Å². The number of aryl methyl sites for hydroxylation is 2. The van der Waals surface area contributed by atoms with Crippen LogP contribution in [0.5, 0.6) is 0 Å². The molecule has 9 nitrogen and oxygen atoms in total. The van der Waals surface area contributed by atoms with Crippen LogP contribution >= 0.6 is 0 Å². The SMILES string of the molecule is CCn1cnc(NC(=O)c2cnc3nc(C(O)(c4ccccc4)c4ccccc4)n(CC)c3c2)n1. The van der Waals surface area contributed by atoms with E-state index in [-0.39, 0.29) is 11.9 Å². The quantitative estimate of drug-likeness (QED) is 0.378. The Kier molecular flexibility index (Phi) is 5.84. The first-order valence-corrected chi connectivity index (χ1v) is 11.5. The third-order valence-corrected chi connectivity index (χ3v) is 5.98. The average Bonchev–Trinajstić information content (AvgIpc) is 3.53. The van der Waals surface area contributed by atoms with Crippen molar-refractivity contribution in [1.82, 2.24) is 29.3 Å². The molecule has 176 valence electrons. The molecule has 2 aromatic carbocycles. The van der Waals surface area contributed by atoms with E-state index < -0.39 is 5.60 Å². The monoisotopic (exact) mass is 467 g/mol. The third-order valence-electron chi connectivity index (χ3n) is 5.98. The molecule has 1 amide bonds. The van der Waals surface area contributed by atoms with Crippen molar-refractivity contribution in [1.29, 1.82) is 0 Å². The molecule has 3 heterocycles. The van der Waals surface area contributed by atoms with Gasteiger partial charge in [0.25, 0.3) is 5.91 Å². The summed E-state index contributed by atoms with van der Waals surface area (Å²) < 4.78 is 3.52. The Morgan fingerprint density at radius 1 is 0.971 bits per heavy atom. The van der Waals surface area contributed by atoms with Crippen LogP contribution in [-0.2, 0) is 18.7 Å². The molecule has 35 heavy (non-hydrogen) atoms. The first-order valence-electron chi connectivity index (χ1n) is 11.5. The highest BCUT2D eigenvalue weighted by molar-refractivity contribution is 6.04. The van der Waals surface area contributed by atoms with Gasteiger partial charge in [-0.05, 0) is 31.0 Å². The van der Waals surface area contributed by atoms with Crippen LogP contribution in [-0.4, -0.2) is 40.3 Å². The van der Waals surface area contributed by atoms with Gasteiger partial charge < -0.3 is 9.67 Å². The van der Waals surface area contributed by atoms with Gasteiger partial charge in [-0.3, -0.25) is 14.8 Å². The Labute approximate surface area is 202 Å². The summed E-state index contributed by atoms with van der Waals surface area (Å²) in [5, 5.41) is 19.1. The number of anilines is 1. The topological polar surface area (TPSA) is 111 Å². The number of aliphatic hydroxyl groups is 1. The lowest BCUT2D eigenvalue weighted by Gasteiger charge is -2.29. The summed E-state index contributed by atoms with van der Waals surface area (Å²) >= 11 is 0. The molecule has 0 aliphatic carbocycles. The standard InChI is InChI=1S/C26H25N7O2/c1-3-32-17-28-25(31-32)30-23(34)18-15-21-22(27-16-18)29-24(33(21)4-2)26(35,19-11-7-5-8-12-19)20-13-9-6-10-14-20/h5-17,35H,3-4H2,1-2H3,(H,30,31,34). The van der Waals surface area contributed by atoms with Gasteiger partial charge in [0, 0.05) is 19.3 Å². The van der Waals surface area contributed by atoms with Gasteiger partial charge in [0.1, 0.15) is 6.33 Å². The highest BCUT2D eigenvalue weighted by Crippen LogP contribution is 2.37. The Balaban J connectivity index is 1.62. The van der Waals surface area contributed by atoms with Crippen molar-refractivity contribution in [2.75, 3.05) is 5.32 Å². The zero-order valence-electron chi connectivity index (χ0n) is 19.5. The molecule has 0 saturated heterocycles. The van der Waals surface area contributed by atoms with E-state index in [9.17, 15) is 9.90 Å². The number of pyridine rings is 1. The van der Waals surface area contributed by atoms with Crippen LogP contribution < -0.4 is 5.32 Å². The molecule has 0 radical (unpaired) electrons. The van der Waals surface area contributed by atoms with Crippen molar-refractivity contribution in [3.8, 4) is 0 Å². The van der Waals surface area contributed by atoms with Gasteiger partial charge >= 0.3 is 0 Å². The number of aromatic nitrogens is 6. The van der Waals surface area contributed by atoms with E-state index in [2.05, 4.69) is 20.4 Å². The summed E-state index contributed by atoms with van der Waals surface area (Å²) in [6.07, 6.45) is 3.03. The van der Waals surface area contributed by atoms with E-state index in [1.54, 1.807) is 17.1 Å². The van der Waals surface area contributed by atoms with Gasteiger partial charge in [-0.25, -0.2) is 15.0 Å². The van der Waals surface area contributed by atoms with Gasteiger partial charge in [0.2, 0.25) is 5.95 Å². The second-order valence-electron chi connectivity index (χ2n) is 8.07. The van der Waals surface area contributed by atoms with Crippen molar-refractivity contribution in [2.45, 2.75) is 32.5 Å². The molecule has 0 atom stereocenters. The lowest BCUT2D eigenvalue weighted by atomic mass is 9.85. The molecule has 5 aromatic rings. The van der Waals surface area contributed by atoms with E-state index in [0.717, 1.165) is 0 Å². The molecule has 0 aliphatic rings. The zero-order valence-corrected chi connectivity index (χ0v) is 19.5. The number of hydrogen-bond acceptors (Lipinski definition) is 6. The van der Waals surface area contributed by atoms with Crippen molar-refractivity contribution < 1.29 is 9.90 Å². The molecule has 5 rings (SSSR count). The number of nitrogens with zero attached hydrogens (tertiary/aromatic N) is 6. The fraction of sp³-hybridized carbons (Fsp3) is 0.192. The molecule has 0 spiro atoms. The number of benzene rings is 2. The molecular weight excluding hydrogens is 442 g/mol. The first kappa shape index (κ1) is 22.4. The van der Waals surface area contributed by atoms with Crippen LogP contribution in [0.25, 0.3) is 11.2 Å². The van der Waals surface area contributed by atoms with Gasteiger partial charge in [-0.15, -0.1) is 5.10 Å². The van der Waals surface area contributed by atoms with E-state index >= 15 is 0 Å². The van der Waals surface area contributed by atoms with Gasteiger partial charge in [0.05, 0.1) is 11.1 Å². The number of rotatable bonds is 7. The van der Waals surface area contributed by atoms with Crippen molar-refractivity contribution >= 4 is 23.0 Å². The van der Waals surface area contributed by atoms with E-state index in [0.29, 0.717) is 46.8 Å². The Morgan fingerprint density at radius 2 is 1.63 bits per heavy atom. The summed E-state index contributed by atoms with van der Waals surface area (Å²) in [5.74, 6) is 0.282. The maximum atomic E-state index is 12.9. The Hall–Kier alpha value is -4.37. The number of nitrogens with one attached hydrogen (secondary N) is 1. The van der Waals surface area contributed by atoms with Crippen LogP contribution in [0.1, 0.15) is 41.2 Å². The second-order valence-corrected chi connectivity index (χ2v) is 8.07. The number of carbonyl (C=O) groups excluding carboxylic acids is 1. The summed E-state index contributed by atoms with van der Waals surface area (Å²) in [6, 6.07) is 20.6.